The highest BCUT2D eigenvalue weighted by Gasteiger charge is 2.14. The summed E-state index contributed by atoms with van der Waals surface area (Å²) in [6, 6.07) is 21.1. The molecule has 0 aliphatic rings. The van der Waals surface area contributed by atoms with Gasteiger partial charge in [-0.15, -0.1) is 0 Å². The SMILES string of the molecule is CSCCCCCn1cnc(-c2ccccc2)c1-c1ccccc1. The maximum atomic E-state index is 4.74. The molecule has 0 radical (unpaired) electrons. The summed E-state index contributed by atoms with van der Waals surface area (Å²) < 4.78 is 2.32. The number of imidazole rings is 1. The number of benzene rings is 2. The number of rotatable bonds is 8. The molecule has 3 rings (SSSR count). The molecule has 0 saturated heterocycles. The fraction of sp³-hybridized carbons (Fsp3) is 0.286. The van der Waals surface area contributed by atoms with Crippen molar-refractivity contribution in [2.24, 2.45) is 0 Å². The number of thioether (sulfide) groups is 1. The van der Waals surface area contributed by atoms with Gasteiger partial charge in [0.15, 0.2) is 0 Å². The minimum Gasteiger partial charge on any atom is -0.330 e. The molecule has 0 aliphatic carbocycles. The monoisotopic (exact) mass is 336 g/mol. The second kappa shape index (κ2) is 8.74. The Kier molecular flexibility index (Phi) is 6.13. The lowest BCUT2D eigenvalue weighted by Gasteiger charge is -2.11. The topological polar surface area (TPSA) is 17.8 Å². The highest BCUT2D eigenvalue weighted by molar-refractivity contribution is 7.98. The van der Waals surface area contributed by atoms with E-state index in [-0.39, 0.29) is 0 Å². The molecule has 0 atom stereocenters. The van der Waals surface area contributed by atoms with Crippen molar-refractivity contribution in [3.8, 4) is 22.5 Å². The van der Waals surface area contributed by atoms with E-state index in [4.69, 9.17) is 4.98 Å². The van der Waals surface area contributed by atoms with Crippen molar-refractivity contribution in [3.63, 3.8) is 0 Å². The van der Waals surface area contributed by atoms with Gasteiger partial charge in [-0.3, -0.25) is 0 Å². The zero-order valence-electron chi connectivity index (χ0n) is 14.2. The van der Waals surface area contributed by atoms with Gasteiger partial charge in [0.2, 0.25) is 0 Å². The predicted molar refractivity (Wildman–Crippen MR) is 105 cm³/mol. The van der Waals surface area contributed by atoms with Crippen LogP contribution in [0.25, 0.3) is 22.5 Å². The van der Waals surface area contributed by atoms with Crippen LogP contribution in [0.3, 0.4) is 0 Å². The van der Waals surface area contributed by atoms with Crippen LogP contribution in [0.5, 0.6) is 0 Å². The third-order valence-corrected chi connectivity index (χ3v) is 4.88. The normalized spacial score (nSPS) is 10.9. The van der Waals surface area contributed by atoms with Crippen molar-refractivity contribution in [2.45, 2.75) is 25.8 Å². The predicted octanol–water partition coefficient (Wildman–Crippen LogP) is 5.75. The molecule has 2 aromatic carbocycles. The zero-order valence-corrected chi connectivity index (χ0v) is 15.0. The van der Waals surface area contributed by atoms with Gasteiger partial charge in [0.1, 0.15) is 0 Å². The Morgan fingerprint density at radius 3 is 2.17 bits per heavy atom. The lowest BCUT2D eigenvalue weighted by atomic mass is 10.0. The molecule has 3 heteroatoms. The fourth-order valence-electron chi connectivity index (χ4n) is 2.96. The van der Waals surface area contributed by atoms with Crippen LogP contribution < -0.4 is 0 Å². The van der Waals surface area contributed by atoms with Crippen LogP contribution in [0.4, 0.5) is 0 Å². The molecule has 2 nitrogen and oxygen atoms in total. The van der Waals surface area contributed by atoms with Gasteiger partial charge >= 0.3 is 0 Å². The van der Waals surface area contributed by atoms with E-state index in [1.807, 2.05) is 18.1 Å². The molecule has 0 spiro atoms. The third-order valence-electron chi connectivity index (χ3n) is 4.18. The van der Waals surface area contributed by atoms with Gasteiger partial charge in [-0.05, 0) is 24.9 Å². The van der Waals surface area contributed by atoms with Crippen LogP contribution in [0.2, 0.25) is 0 Å². The number of aromatic nitrogens is 2. The number of nitrogens with zero attached hydrogens (tertiary/aromatic N) is 2. The van der Waals surface area contributed by atoms with E-state index in [9.17, 15) is 0 Å². The summed E-state index contributed by atoms with van der Waals surface area (Å²) in [5.74, 6) is 1.25. The first-order valence-corrected chi connectivity index (χ1v) is 9.94. The molecule has 0 unspecified atom stereocenters. The average Bonchev–Trinajstić information content (AvgIpc) is 3.07. The summed E-state index contributed by atoms with van der Waals surface area (Å²) >= 11 is 1.93. The summed E-state index contributed by atoms with van der Waals surface area (Å²) in [5.41, 5.74) is 4.72. The Labute approximate surface area is 148 Å². The summed E-state index contributed by atoms with van der Waals surface area (Å²) in [6.07, 6.45) is 7.94. The van der Waals surface area contributed by atoms with E-state index < -0.39 is 0 Å². The van der Waals surface area contributed by atoms with Crippen molar-refractivity contribution >= 4 is 11.8 Å². The molecule has 1 aromatic heterocycles. The van der Waals surface area contributed by atoms with Gasteiger partial charge in [-0.1, -0.05) is 67.1 Å². The van der Waals surface area contributed by atoms with Gasteiger partial charge in [0.05, 0.1) is 17.7 Å². The molecule has 0 bridgehead atoms. The van der Waals surface area contributed by atoms with Gasteiger partial charge in [0.25, 0.3) is 0 Å². The first-order chi connectivity index (χ1) is 11.9. The van der Waals surface area contributed by atoms with E-state index in [0.29, 0.717) is 0 Å². The largest absolute Gasteiger partial charge is 0.330 e. The van der Waals surface area contributed by atoms with E-state index in [0.717, 1.165) is 12.2 Å². The molecular weight excluding hydrogens is 312 g/mol. The summed E-state index contributed by atoms with van der Waals surface area (Å²) in [6.45, 7) is 1.03. The fourth-order valence-corrected chi connectivity index (χ4v) is 3.46. The summed E-state index contributed by atoms with van der Waals surface area (Å²) in [4.78, 5) is 4.74. The third kappa shape index (κ3) is 4.09. The molecule has 3 aromatic rings. The molecule has 0 aliphatic heterocycles. The Morgan fingerprint density at radius 1 is 0.833 bits per heavy atom. The molecule has 0 amide bonds. The van der Waals surface area contributed by atoms with Crippen molar-refractivity contribution in [1.82, 2.24) is 9.55 Å². The smallest absolute Gasteiger partial charge is 0.0963 e. The van der Waals surface area contributed by atoms with Crippen LogP contribution in [-0.4, -0.2) is 21.6 Å². The van der Waals surface area contributed by atoms with Crippen molar-refractivity contribution in [2.75, 3.05) is 12.0 Å². The number of unbranched alkanes of at least 4 members (excludes halogenated alkanes) is 2. The molecule has 0 N–H and O–H groups in total. The maximum Gasteiger partial charge on any atom is 0.0963 e. The van der Waals surface area contributed by atoms with E-state index >= 15 is 0 Å². The highest BCUT2D eigenvalue weighted by atomic mass is 32.2. The number of aryl methyl sites for hydroxylation is 1. The van der Waals surface area contributed by atoms with E-state index in [1.54, 1.807) is 0 Å². The van der Waals surface area contributed by atoms with Crippen molar-refractivity contribution in [1.29, 1.82) is 0 Å². The Hall–Kier alpha value is -2.00. The van der Waals surface area contributed by atoms with Crippen LogP contribution >= 0.6 is 11.8 Å². The molecule has 1 heterocycles. The van der Waals surface area contributed by atoms with Crippen LogP contribution in [0.1, 0.15) is 19.3 Å². The second-order valence-electron chi connectivity index (χ2n) is 5.92. The van der Waals surface area contributed by atoms with Gasteiger partial charge < -0.3 is 4.57 Å². The molecule has 0 fully saturated rings. The lowest BCUT2D eigenvalue weighted by molar-refractivity contribution is 0.608. The molecule has 124 valence electrons. The van der Waals surface area contributed by atoms with Crippen LogP contribution in [-0.2, 0) is 6.54 Å². The molecular formula is C21H24N2S. The van der Waals surface area contributed by atoms with Gasteiger partial charge in [0, 0.05) is 17.7 Å². The maximum absolute atomic E-state index is 4.74. The van der Waals surface area contributed by atoms with E-state index in [2.05, 4.69) is 71.5 Å². The minimum absolute atomic E-state index is 1.03. The lowest BCUT2D eigenvalue weighted by Crippen LogP contribution is -2.00. The number of hydrogen-bond donors (Lipinski definition) is 0. The standard InChI is InChI=1S/C21H24N2S/c1-24-16-10-4-9-15-23-17-22-20(18-11-5-2-6-12-18)21(23)19-13-7-3-8-14-19/h2-3,5-8,11-14,17H,4,9-10,15-16H2,1H3. The molecule has 24 heavy (non-hydrogen) atoms. The Morgan fingerprint density at radius 2 is 1.50 bits per heavy atom. The quantitative estimate of drug-likeness (QED) is 0.487. The van der Waals surface area contributed by atoms with Gasteiger partial charge in [-0.25, -0.2) is 4.98 Å². The van der Waals surface area contributed by atoms with Crippen molar-refractivity contribution in [3.05, 3.63) is 67.0 Å². The first kappa shape index (κ1) is 16.8. The molecule has 0 saturated carbocycles. The van der Waals surface area contributed by atoms with E-state index in [1.165, 1.54) is 41.8 Å². The minimum atomic E-state index is 1.03. The first-order valence-electron chi connectivity index (χ1n) is 8.55. The Bertz CT molecular complexity index is 735. The summed E-state index contributed by atoms with van der Waals surface area (Å²) in [7, 11) is 0. The second-order valence-corrected chi connectivity index (χ2v) is 6.91. The van der Waals surface area contributed by atoms with Crippen LogP contribution in [0.15, 0.2) is 67.0 Å². The van der Waals surface area contributed by atoms with Crippen LogP contribution in [0, 0.1) is 0 Å². The van der Waals surface area contributed by atoms with Gasteiger partial charge in [-0.2, -0.15) is 11.8 Å². The summed E-state index contributed by atoms with van der Waals surface area (Å²) in [5, 5.41) is 0. The highest BCUT2D eigenvalue weighted by Crippen LogP contribution is 2.31. The Balaban J connectivity index is 1.88. The zero-order chi connectivity index (χ0) is 16.6. The number of hydrogen-bond acceptors (Lipinski definition) is 2. The average molecular weight is 337 g/mol. The van der Waals surface area contributed by atoms with Crippen molar-refractivity contribution < 1.29 is 0 Å².